The highest BCUT2D eigenvalue weighted by Crippen LogP contribution is 2.39. The fourth-order valence-electron chi connectivity index (χ4n) is 5.46. The number of carbonyl (C=O) groups excluding carboxylic acids is 1. The molecule has 0 saturated carbocycles. The molecule has 0 bridgehead atoms. The molecule has 1 fully saturated rings. The zero-order valence-electron chi connectivity index (χ0n) is 26.2. The van der Waals surface area contributed by atoms with Crippen LogP contribution < -0.4 is 14.4 Å². The van der Waals surface area contributed by atoms with Crippen molar-refractivity contribution in [1.29, 1.82) is 0 Å². The van der Waals surface area contributed by atoms with Crippen molar-refractivity contribution < 1.29 is 31.1 Å². The van der Waals surface area contributed by atoms with Gasteiger partial charge in [-0.2, -0.15) is 18.3 Å². The number of nitrogens with zero attached hydrogens (tertiary/aromatic N) is 6. The van der Waals surface area contributed by atoms with Gasteiger partial charge in [-0.25, -0.2) is 22.8 Å². The van der Waals surface area contributed by atoms with Crippen molar-refractivity contribution in [2.45, 2.75) is 70.9 Å². The molecule has 3 aromatic rings. The molecule has 4 rings (SSSR count). The van der Waals surface area contributed by atoms with Gasteiger partial charge in [-0.05, 0) is 51.7 Å². The molecular formula is C28H40F3N7O4SSi. The topological polar surface area (TPSA) is 124 Å². The van der Waals surface area contributed by atoms with Gasteiger partial charge in [-0.1, -0.05) is 26.1 Å². The van der Waals surface area contributed by atoms with Crippen molar-refractivity contribution in [3.8, 4) is 11.7 Å². The zero-order chi connectivity index (χ0) is 32.8. The van der Waals surface area contributed by atoms with Gasteiger partial charge in [0.25, 0.3) is 15.9 Å². The molecule has 4 heterocycles. The van der Waals surface area contributed by atoms with Crippen molar-refractivity contribution in [3.05, 3.63) is 41.9 Å². The third kappa shape index (κ3) is 6.95. The van der Waals surface area contributed by atoms with Gasteiger partial charge in [0.2, 0.25) is 5.88 Å². The van der Waals surface area contributed by atoms with Crippen molar-refractivity contribution in [2.75, 3.05) is 18.1 Å². The van der Waals surface area contributed by atoms with E-state index in [1.54, 1.807) is 14.0 Å². The summed E-state index contributed by atoms with van der Waals surface area (Å²) in [4.78, 5) is 20.3. The predicted octanol–water partition coefficient (Wildman–Crippen LogP) is 4.34. The lowest BCUT2D eigenvalue weighted by Crippen LogP contribution is -2.37. The second kappa shape index (κ2) is 12.2. The van der Waals surface area contributed by atoms with E-state index >= 15 is 0 Å². The Bertz CT molecular complexity index is 1620. The number of amides is 1. The van der Waals surface area contributed by atoms with Crippen LogP contribution in [0.4, 0.5) is 19.0 Å². The molecule has 44 heavy (non-hydrogen) atoms. The largest absolute Gasteiger partial charge is 0.476 e. The molecule has 0 aromatic carbocycles. The second-order valence-electron chi connectivity index (χ2n) is 12.7. The van der Waals surface area contributed by atoms with Crippen molar-refractivity contribution in [1.82, 2.24) is 29.3 Å². The molecule has 1 aliphatic heterocycles. The highest BCUT2D eigenvalue weighted by atomic mass is 32.2. The molecule has 2 unspecified atom stereocenters. The van der Waals surface area contributed by atoms with E-state index in [1.165, 1.54) is 40.0 Å². The van der Waals surface area contributed by atoms with Crippen LogP contribution in [0, 0.1) is 24.2 Å². The number of pyridine rings is 1. The van der Waals surface area contributed by atoms with Crippen LogP contribution in [0.3, 0.4) is 0 Å². The molecule has 11 nitrogen and oxygen atoms in total. The highest BCUT2D eigenvalue weighted by molar-refractivity contribution is 7.90. The minimum Gasteiger partial charge on any atom is -0.476 e. The van der Waals surface area contributed by atoms with Crippen LogP contribution in [-0.2, 0) is 17.1 Å². The van der Waals surface area contributed by atoms with Gasteiger partial charge < -0.3 is 9.64 Å². The summed E-state index contributed by atoms with van der Waals surface area (Å²) in [6.07, 6.45) is -1.63. The summed E-state index contributed by atoms with van der Waals surface area (Å²) < 4.78 is 76.4. The molecule has 0 radical (unpaired) electrons. The summed E-state index contributed by atoms with van der Waals surface area (Å²) >= 11 is 0. The summed E-state index contributed by atoms with van der Waals surface area (Å²) in [5, 5.41) is 8.32. The third-order valence-corrected chi connectivity index (χ3v) is 11.0. The maximum absolute atomic E-state index is 13.6. The van der Waals surface area contributed by atoms with Crippen LogP contribution in [0.5, 0.6) is 5.88 Å². The first-order valence-corrected chi connectivity index (χ1v) is 19.0. The average molecular weight is 656 g/mol. The molecule has 1 aliphatic rings. The Kier molecular flexibility index (Phi) is 9.27. The summed E-state index contributed by atoms with van der Waals surface area (Å²) in [7, 11) is -3.57. The van der Waals surface area contributed by atoms with E-state index in [1.807, 2.05) is 4.90 Å². The summed E-state index contributed by atoms with van der Waals surface area (Å²) in [5.74, 6) is 0.394. The molecule has 3 aromatic heterocycles. The van der Waals surface area contributed by atoms with Crippen LogP contribution in [-0.4, -0.2) is 73.0 Å². The smallest absolute Gasteiger partial charge is 0.397 e. The highest BCUT2D eigenvalue weighted by Gasteiger charge is 2.48. The number of carbonyl (C=O) groups is 1. The Morgan fingerprint density at radius 3 is 2.43 bits per heavy atom. The number of aryl methyl sites for hydroxylation is 2. The van der Waals surface area contributed by atoms with Gasteiger partial charge in [-0.15, -0.1) is 5.10 Å². The van der Waals surface area contributed by atoms with E-state index < -0.39 is 42.9 Å². The number of alkyl halides is 3. The maximum Gasteiger partial charge on any atom is 0.397 e. The summed E-state index contributed by atoms with van der Waals surface area (Å²) in [5.41, 5.74) is -1.76. The van der Waals surface area contributed by atoms with E-state index in [4.69, 9.17) is 9.72 Å². The van der Waals surface area contributed by atoms with Crippen LogP contribution in [0.15, 0.2) is 35.5 Å². The number of hydrogen-bond acceptors (Lipinski definition) is 8. The number of anilines is 1. The van der Waals surface area contributed by atoms with E-state index in [0.29, 0.717) is 24.2 Å². The number of halogens is 3. The molecule has 16 heteroatoms. The predicted molar refractivity (Wildman–Crippen MR) is 162 cm³/mol. The fraction of sp³-hybridized carbons (Fsp3) is 0.571. The number of sulfonamides is 1. The molecule has 3 atom stereocenters. The Labute approximate surface area is 257 Å². The number of ether oxygens (including phenoxy) is 1. The van der Waals surface area contributed by atoms with E-state index in [-0.39, 0.29) is 33.9 Å². The number of nitrogens with one attached hydrogen (secondary N) is 1. The Morgan fingerprint density at radius 1 is 1.16 bits per heavy atom. The fourth-order valence-corrected chi connectivity index (χ4v) is 8.59. The van der Waals surface area contributed by atoms with Crippen molar-refractivity contribution in [3.63, 3.8) is 0 Å². The van der Waals surface area contributed by atoms with Crippen LogP contribution in [0.25, 0.3) is 5.82 Å². The second-order valence-corrected chi connectivity index (χ2v) is 17.6. The monoisotopic (exact) mass is 655 g/mol. The maximum atomic E-state index is 13.6. The van der Waals surface area contributed by atoms with Crippen LogP contribution in [0.2, 0.25) is 19.1 Å². The molecule has 1 amide bonds. The lowest BCUT2D eigenvalue weighted by molar-refractivity contribution is -0.219. The Hall–Kier alpha value is -3.40. The molecule has 1 N–H and O–H groups in total. The lowest BCUT2D eigenvalue weighted by Gasteiger charge is -2.28. The van der Waals surface area contributed by atoms with Crippen LogP contribution in [0.1, 0.15) is 43.7 Å². The van der Waals surface area contributed by atoms with E-state index in [0.717, 1.165) is 19.9 Å². The number of aromatic nitrogens is 5. The quantitative estimate of drug-likeness (QED) is 0.320. The number of hydrogen-bond donors (Lipinski definition) is 1. The minimum atomic E-state index is -4.45. The Morgan fingerprint density at radius 2 is 1.84 bits per heavy atom. The van der Waals surface area contributed by atoms with Gasteiger partial charge in [0, 0.05) is 46.9 Å². The zero-order valence-corrected chi connectivity index (χ0v) is 28.1. The Balaban J connectivity index is 1.69. The average Bonchev–Trinajstić information content (AvgIpc) is 3.60. The van der Waals surface area contributed by atoms with Crippen LogP contribution >= 0.6 is 0 Å². The first-order valence-electron chi connectivity index (χ1n) is 14.4. The van der Waals surface area contributed by atoms with Gasteiger partial charge in [-0.3, -0.25) is 9.48 Å². The SMILES string of the molecule is Cc1nn(C)cc1S(=O)(=O)NC(=O)c1ccc(-n2ccc(OCC(C)(C)C(F)(F)F)n2)nc1N1C[C@@H](C)C(C[SiH](C)C)C1C. The standard InChI is InChI=1S/C28H40F3N7O4SSi/c1-17-13-37(19(3)21(17)15-44(7)8)25-20(26(39)35-43(40,41)22-14-36(6)33-18(22)2)9-10-23(32-25)38-12-11-24(34-38)42-16-27(4,5)28(29,30)31/h9-12,14,17,19,21,44H,13,15-16H2,1-8H3,(H,35,39)/t17-,19?,21?/m1/s1. The lowest BCUT2D eigenvalue weighted by atomic mass is 9.94. The molecule has 242 valence electrons. The molecule has 1 saturated heterocycles. The van der Waals surface area contributed by atoms with Crippen molar-refractivity contribution >= 4 is 30.5 Å². The molecule has 0 aliphatic carbocycles. The van der Waals surface area contributed by atoms with Gasteiger partial charge in [0.15, 0.2) is 5.82 Å². The van der Waals surface area contributed by atoms with E-state index in [2.05, 4.69) is 41.9 Å². The van der Waals surface area contributed by atoms with Gasteiger partial charge >= 0.3 is 6.18 Å². The summed E-state index contributed by atoms with van der Waals surface area (Å²) in [6, 6.07) is 5.53. The van der Waals surface area contributed by atoms with Gasteiger partial charge in [0.1, 0.15) is 17.3 Å². The number of rotatable bonds is 10. The normalized spacial score (nSPS) is 19.5. The molecule has 0 spiro atoms. The van der Waals surface area contributed by atoms with Gasteiger partial charge in [0.05, 0.1) is 16.7 Å². The first-order chi connectivity index (χ1) is 20.3. The first kappa shape index (κ1) is 33.5. The van der Waals surface area contributed by atoms with E-state index in [9.17, 15) is 26.4 Å². The third-order valence-electron chi connectivity index (χ3n) is 8.08. The molecular weight excluding hydrogens is 616 g/mol. The summed E-state index contributed by atoms with van der Waals surface area (Å²) in [6.45, 7) is 12.4. The minimum absolute atomic E-state index is 0.0180. The van der Waals surface area contributed by atoms with Crippen molar-refractivity contribution in [2.24, 2.45) is 24.3 Å².